The first-order chi connectivity index (χ1) is 11.7. The van der Waals surface area contributed by atoms with Crippen molar-refractivity contribution in [3.05, 3.63) is 52.2 Å². The van der Waals surface area contributed by atoms with E-state index in [1.165, 1.54) is 23.3 Å². The summed E-state index contributed by atoms with van der Waals surface area (Å²) in [6.45, 7) is 4.94. The minimum absolute atomic E-state index is 0.0558. The Kier molecular flexibility index (Phi) is 5.88. The number of likely N-dealkylation sites (tertiary alicyclic amines) is 1. The summed E-state index contributed by atoms with van der Waals surface area (Å²) in [5.41, 5.74) is 1.18. The molecule has 3 rings (SSSR count). The molecule has 0 radical (unpaired) electrons. The predicted molar refractivity (Wildman–Crippen MR) is 97.6 cm³/mol. The van der Waals surface area contributed by atoms with Crippen LogP contribution in [-0.2, 0) is 4.79 Å². The van der Waals surface area contributed by atoms with Gasteiger partial charge in [-0.2, -0.15) is 0 Å². The smallest absolute Gasteiger partial charge is 0.258 e. The van der Waals surface area contributed by atoms with Crippen LogP contribution in [-0.4, -0.2) is 37.0 Å². The highest BCUT2D eigenvalue weighted by atomic mass is 32.1. The molecule has 5 heteroatoms. The average Bonchev–Trinajstić information content (AvgIpc) is 3.29. The van der Waals surface area contributed by atoms with E-state index in [4.69, 9.17) is 4.74 Å². The van der Waals surface area contributed by atoms with E-state index in [1.54, 1.807) is 11.3 Å². The number of carbonyl (C=O) groups excluding carboxylic acids is 1. The van der Waals surface area contributed by atoms with Crippen LogP contribution >= 0.6 is 11.3 Å². The number of thiophene rings is 1. The van der Waals surface area contributed by atoms with E-state index in [9.17, 15) is 4.79 Å². The van der Waals surface area contributed by atoms with E-state index >= 15 is 0 Å². The Morgan fingerprint density at radius 1 is 1.25 bits per heavy atom. The van der Waals surface area contributed by atoms with Gasteiger partial charge in [-0.25, -0.2) is 0 Å². The Morgan fingerprint density at radius 3 is 2.67 bits per heavy atom. The van der Waals surface area contributed by atoms with Crippen molar-refractivity contribution in [1.29, 1.82) is 0 Å². The third-order valence-electron chi connectivity index (χ3n) is 4.34. The fourth-order valence-electron chi connectivity index (χ4n) is 2.99. The lowest BCUT2D eigenvalue weighted by Crippen LogP contribution is -2.38. The van der Waals surface area contributed by atoms with Crippen molar-refractivity contribution >= 4 is 17.2 Å². The van der Waals surface area contributed by atoms with Gasteiger partial charge in [-0.05, 0) is 56.4 Å². The number of carbonyl (C=O) groups is 1. The van der Waals surface area contributed by atoms with Gasteiger partial charge in [0.2, 0.25) is 0 Å². The van der Waals surface area contributed by atoms with E-state index in [0.717, 1.165) is 18.8 Å². The molecule has 1 fully saturated rings. The lowest BCUT2D eigenvalue weighted by Gasteiger charge is -2.26. The molecule has 1 aliphatic heterocycles. The summed E-state index contributed by atoms with van der Waals surface area (Å²) in [5, 5.41) is 5.13. The molecule has 0 saturated carbocycles. The van der Waals surface area contributed by atoms with Crippen LogP contribution in [0.4, 0.5) is 0 Å². The molecule has 1 aromatic heterocycles. The van der Waals surface area contributed by atoms with E-state index < -0.39 is 0 Å². The highest BCUT2D eigenvalue weighted by Gasteiger charge is 2.24. The Labute approximate surface area is 147 Å². The van der Waals surface area contributed by atoms with Gasteiger partial charge in [0, 0.05) is 11.4 Å². The molecule has 2 aromatic rings. The zero-order valence-corrected chi connectivity index (χ0v) is 14.8. The fourth-order valence-corrected chi connectivity index (χ4v) is 3.85. The van der Waals surface area contributed by atoms with E-state index in [-0.39, 0.29) is 18.6 Å². The number of aryl methyl sites for hydroxylation is 1. The molecule has 1 amide bonds. The van der Waals surface area contributed by atoms with Gasteiger partial charge in [0.05, 0.1) is 6.04 Å². The minimum atomic E-state index is -0.0728. The number of nitrogens with zero attached hydrogens (tertiary/aromatic N) is 1. The number of hydrogen-bond donors (Lipinski definition) is 1. The maximum absolute atomic E-state index is 12.1. The topological polar surface area (TPSA) is 41.6 Å². The second-order valence-corrected chi connectivity index (χ2v) is 7.16. The zero-order chi connectivity index (χ0) is 16.8. The summed E-state index contributed by atoms with van der Waals surface area (Å²) >= 11 is 1.76. The van der Waals surface area contributed by atoms with Crippen LogP contribution in [0, 0.1) is 6.92 Å². The number of hydrogen-bond acceptors (Lipinski definition) is 4. The molecule has 4 nitrogen and oxygen atoms in total. The van der Waals surface area contributed by atoms with Crippen molar-refractivity contribution < 1.29 is 9.53 Å². The standard InChI is InChI=1S/C19H24N2O2S/c1-15-6-8-16(9-7-15)23-14-19(22)20-13-17(18-5-4-12-24-18)21-10-2-3-11-21/h4-9,12,17H,2-3,10-11,13-14H2,1H3,(H,20,22). The summed E-state index contributed by atoms with van der Waals surface area (Å²) in [6, 6.07) is 12.2. The maximum Gasteiger partial charge on any atom is 0.258 e. The van der Waals surface area contributed by atoms with Crippen LogP contribution < -0.4 is 10.1 Å². The van der Waals surface area contributed by atoms with E-state index in [1.807, 2.05) is 31.2 Å². The molecule has 128 valence electrons. The van der Waals surface area contributed by atoms with Gasteiger partial charge in [0.15, 0.2) is 6.61 Å². The van der Waals surface area contributed by atoms with Crippen molar-refractivity contribution in [3.63, 3.8) is 0 Å². The highest BCUT2D eigenvalue weighted by Crippen LogP contribution is 2.27. The summed E-state index contributed by atoms with van der Waals surface area (Å²) in [4.78, 5) is 15.9. The SMILES string of the molecule is Cc1ccc(OCC(=O)NCC(c2cccs2)N2CCCC2)cc1. The van der Waals surface area contributed by atoms with Gasteiger partial charge >= 0.3 is 0 Å². The summed E-state index contributed by atoms with van der Waals surface area (Å²) < 4.78 is 5.55. The Balaban J connectivity index is 1.50. The lowest BCUT2D eigenvalue weighted by molar-refractivity contribution is -0.123. The average molecular weight is 344 g/mol. The van der Waals surface area contributed by atoms with Crippen LogP contribution in [0.3, 0.4) is 0 Å². The Hall–Kier alpha value is -1.85. The predicted octanol–water partition coefficient (Wildman–Crippen LogP) is 3.39. The molecular formula is C19H24N2O2S. The molecule has 1 aromatic carbocycles. The van der Waals surface area contributed by atoms with E-state index in [0.29, 0.717) is 6.54 Å². The van der Waals surface area contributed by atoms with Gasteiger partial charge in [-0.15, -0.1) is 11.3 Å². The molecule has 1 saturated heterocycles. The van der Waals surface area contributed by atoms with Crippen molar-refractivity contribution in [2.75, 3.05) is 26.2 Å². The van der Waals surface area contributed by atoms with Crippen molar-refractivity contribution in [3.8, 4) is 5.75 Å². The molecule has 0 bridgehead atoms. The second-order valence-electron chi connectivity index (χ2n) is 6.18. The molecule has 0 aliphatic carbocycles. The Bertz CT molecular complexity index is 634. The number of ether oxygens (including phenoxy) is 1. The molecule has 0 spiro atoms. The van der Waals surface area contributed by atoms with Crippen molar-refractivity contribution in [2.45, 2.75) is 25.8 Å². The summed E-state index contributed by atoms with van der Waals surface area (Å²) in [5.74, 6) is 0.654. The largest absolute Gasteiger partial charge is 0.484 e. The fraction of sp³-hybridized carbons (Fsp3) is 0.421. The highest BCUT2D eigenvalue weighted by molar-refractivity contribution is 7.10. The first kappa shape index (κ1) is 17.0. The third kappa shape index (κ3) is 4.58. The number of amides is 1. The van der Waals surface area contributed by atoms with Crippen molar-refractivity contribution in [2.24, 2.45) is 0 Å². The van der Waals surface area contributed by atoms with Gasteiger partial charge in [-0.1, -0.05) is 23.8 Å². The maximum atomic E-state index is 12.1. The molecule has 1 N–H and O–H groups in total. The number of rotatable bonds is 7. The Morgan fingerprint density at radius 2 is 2.00 bits per heavy atom. The van der Waals surface area contributed by atoms with Crippen LogP contribution in [0.2, 0.25) is 0 Å². The summed E-state index contributed by atoms with van der Waals surface area (Å²) in [7, 11) is 0. The van der Waals surface area contributed by atoms with Crippen LogP contribution in [0.25, 0.3) is 0 Å². The van der Waals surface area contributed by atoms with Gasteiger partial charge in [-0.3, -0.25) is 9.69 Å². The van der Waals surface area contributed by atoms with Gasteiger partial charge in [0.25, 0.3) is 5.91 Å². The molecular weight excluding hydrogens is 320 g/mol. The molecule has 1 atom stereocenters. The van der Waals surface area contributed by atoms with Crippen molar-refractivity contribution in [1.82, 2.24) is 10.2 Å². The number of nitrogens with one attached hydrogen (secondary N) is 1. The minimum Gasteiger partial charge on any atom is -0.484 e. The quantitative estimate of drug-likeness (QED) is 0.837. The van der Waals surface area contributed by atoms with Crippen LogP contribution in [0.5, 0.6) is 5.75 Å². The van der Waals surface area contributed by atoms with Gasteiger partial charge in [0.1, 0.15) is 5.75 Å². The monoisotopic (exact) mass is 344 g/mol. The normalized spacial score (nSPS) is 16.0. The first-order valence-corrected chi connectivity index (χ1v) is 9.34. The summed E-state index contributed by atoms with van der Waals surface area (Å²) in [6.07, 6.45) is 2.48. The lowest BCUT2D eigenvalue weighted by atomic mass is 10.2. The number of benzene rings is 1. The van der Waals surface area contributed by atoms with Gasteiger partial charge < -0.3 is 10.1 Å². The molecule has 24 heavy (non-hydrogen) atoms. The molecule has 1 unspecified atom stereocenters. The zero-order valence-electron chi connectivity index (χ0n) is 14.0. The van der Waals surface area contributed by atoms with Crippen LogP contribution in [0.1, 0.15) is 29.3 Å². The third-order valence-corrected chi connectivity index (χ3v) is 5.31. The molecule has 1 aliphatic rings. The first-order valence-electron chi connectivity index (χ1n) is 8.46. The van der Waals surface area contributed by atoms with E-state index in [2.05, 4.69) is 27.7 Å². The second kappa shape index (κ2) is 8.31. The molecule has 2 heterocycles. The van der Waals surface area contributed by atoms with Crippen LogP contribution in [0.15, 0.2) is 41.8 Å².